The molecule has 0 spiro atoms. The molecule has 24 heavy (non-hydrogen) atoms. The van der Waals surface area contributed by atoms with Crippen molar-refractivity contribution in [1.82, 2.24) is 9.88 Å². The minimum atomic E-state index is 0.138. The molecular formula is C19H29N3OS. The highest BCUT2D eigenvalue weighted by molar-refractivity contribution is 7.99. The number of rotatable bonds is 3. The summed E-state index contributed by atoms with van der Waals surface area (Å²) in [5, 5.41) is 0.686. The maximum atomic E-state index is 12.6. The van der Waals surface area contributed by atoms with Crippen LogP contribution < -0.4 is 4.90 Å². The van der Waals surface area contributed by atoms with Gasteiger partial charge in [0.15, 0.2) is 0 Å². The van der Waals surface area contributed by atoms with E-state index < -0.39 is 0 Å². The van der Waals surface area contributed by atoms with Crippen LogP contribution in [-0.2, 0) is 0 Å². The van der Waals surface area contributed by atoms with Crippen molar-refractivity contribution in [2.45, 2.75) is 44.3 Å². The van der Waals surface area contributed by atoms with Crippen molar-refractivity contribution in [3.05, 3.63) is 23.9 Å². The minimum absolute atomic E-state index is 0.138. The molecule has 2 aliphatic rings. The molecule has 0 aliphatic carbocycles. The van der Waals surface area contributed by atoms with E-state index in [0.717, 1.165) is 56.3 Å². The van der Waals surface area contributed by atoms with E-state index in [1.54, 1.807) is 6.20 Å². The van der Waals surface area contributed by atoms with Crippen LogP contribution in [-0.4, -0.2) is 53.5 Å². The van der Waals surface area contributed by atoms with Crippen LogP contribution in [0.4, 0.5) is 5.82 Å². The molecule has 1 amide bonds. The second-order valence-electron chi connectivity index (χ2n) is 7.18. The fraction of sp³-hybridized carbons (Fsp3) is 0.684. The molecule has 3 rings (SSSR count). The quantitative estimate of drug-likeness (QED) is 0.836. The van der Waals surface area contributed by atoms with Gasteiger partial charge < -0.3 is 9.80 Å². The van der Waals surface area contributed by atoms with Gasteiger partial charge in [-0.15, -0.1) is 0 Å². The molecule has 0 bridgehead atoms. The van der Waals surface area contributed by atoms with Crippen LogP contribution in [0.2, 0.25) is 0 Å². The molecule has 3 heterocycles. The normalized spacial score (nSPS) is 23.2. The number of aromatic nitrogens is 1. The van der Waals surface area contributed by atoms with Crippen LogP contribution in [0.1, 0.15) is 49.4 Å². The van der Waals surface area contributed by atoms with Gasteiger partial charge >= 0.3 is 0 Å². The maximum Gasteiger partial charge on any atom is 0.255 e. The van der Waals surface area contributed by atoms with Gasteiger partial charge in [-0.1, -0.05) is 13.3 Å². The summed E-state index contributed by atoms with van der Waals surface area (Å²) in [5.74, 6) is 1.89. The van der Waals surface area contributed by atoms with Gasteiger partial charge in [0.05, 0.1) is 5.56 Å². The van der Waals surface area contributed by atoms with Crippen LogP contribution in [0.5, 0.6) is 0 Å². The molecule has 1 unspecified atom stereocenters. The summed E-state index contributed by atoms with van der Waals surface area (Å²) in [6.45, 7) is 6.15. The first kappa shape index (κ1) is 17.6. The van der Waals surface area contributed by atoms with Crippen LogP contribution >= 0.6 is 11.8 Å². The molecule has 2 saturated heterocycles. The SMILES string of the molecule is CSC1CCCCN(c2ccc(C(=O)N3CCC(C)CC3)cn2)C1. The Bertz CT molecular complexity index is 540. The molecular weight excluding hydrogens is 318 g/mol. The Morgan fingerprint density at radius 3 is 2.62 bits per heavy atom. The van der Waals surface area contributed by atoms with E-state index >= 15 is 0 Å². The zero-order valence-electron chi connectivity index (χ0n) is 14.9. The van der Waals surface area contributed by atoms with E-state index in [9.17, 15) is 4.79 Å². The van der Waals surface area contributed by atoms with E-state index in [1.165, 1.54) is 19.3 Å². The van der Waals surface area contributed by atoms with E-state index in [1.807, 2.05) is 28.8 Å². The smallest absolute Gasteiger partial charge is 0.255 e. The molecule has 0 radical (unpaired) electrons. The topological polar surface area (TPSA) is 36.4 Å². The number of thioether (sulfide) groups is 1. The molecule has 2 fully saturated rings. The third kappa shape index (κ3) is 4.24. The molecule has 4 nitrogen and oxygen atoms in total. The summed E-state index contributed by atoms with van der Waals surface area (Å²) in [7, 11) is 0. The Kier molecular flexibility index (Phi) is 6.04. The van der Waals surface area contributed by atoms with Gasteiger partial charge in [-0.25, -0.2) is 4.98 Å². The van der Waals surface area contributed by atoms with E-state index in [-0.39, 0.29) is 5.91 Å². The van der Waals surface area contributed by atoms with Gasteiger partial charge in [0, 0.05) is 37.6 Å². The first-order valence-electron chi connectivity index (χ1n) is 9.20. The molecule has 0 aromatic carbocycles. The number of piperidine rings is 1. The Hall–Kier alpha value is -1.23. The lowest BCUT2D eigenvalue weighted by molar-refractivity contribution is 0.0697. The van der Waals surface area contributed by atoms with Crippen molar-refractivity contribution in [3.8, 4) is 0 Å². The fourth-order valence-corrected chi connectivity index (χ4v) is 4.33. The van der Waals surface area contributed by atoms with Gasteiger partial charge in [0.1, 0.15) is 5.82 Å². The molecule has 0 saturated carbocycles. The van der Waals surface area contributed by atoms with Crippen molar-refractivity contribution >= 4 is 23.5 Å². The van der Waals surface area contributed by atoms with Crippen molar-refractivity contribution < 1.29 is 4.79 Å². The Labute approximate surface area is 150 Å². The zero-order valence-corrected chi connectivity index (χ0v) is 15.7. The monoisotopic (exact) mass is 347 g/mol. The van der Waals surface area contributed by atoms with Gasteiger partial charge in [0.2, 0.25) is 0 Å². The fourth-order valence-electron chi connectivity index (χ4n) is 3.60. The van der Waals surface area contributed by atoms with Crippen LogP contribution in [0.25, 0.3) is 0 Å². The van der Waals surface area contributed by atoms with Crippen LogP contribution in [0.15, 0.2) is 18.3 Å². The number of nitrogens with zero attached hydrogens (tertiary/aromatic N) is 3. The number of hydrogen-bond acceptors (Lipinski definition) is 4. The lowest BCUT2D eigenvalue weighted by Gasteiger charge is -2.30. The molecule has 5 heteroatoms. The maximum absolute atomic E-state index is 12.6. The van der Waals surface area contributed by atoms with E-state index in [4.69, 9.17) is 0 Å². The first-order valence-corrected chi connectivity index (χ1v) is 10.5. The number of likely N-dealkylation sites (tertiary alicyclic amines) is 1. The molecule has 1 aromatic rings. The summed E-state index contributed by atoms with van der Waals surface area (Å²) in [4.78, 5) is 21.6. The number of carbonyl (C=O) groups is 1. The highest BCUT2D eigenvalue weighted by Gasteiger charge is 2.22. The lowest BCUT2D eigenvalue weighted by Crippen LogP contribution is -2.38. The van der Waals surface area contributed by atoms with Crippen molar-refractivity contribution in [2.24, 2.45) is 5.92 Å². The van der Waals surface area contributed by atoms with Crippen molar-refractivity contribution in [2.75, 3.05) is 37.3 Å². The first-order chi connectivity index (χ1) is 11.7. The van der Waals surface area contributed by atoms with Crippen molar-refractivity contribution in [3.63, 3.8) is 0 Å². The number of hydrogen-bond donors (Lipinski definition) is 0. The largest absolute Gasteiger partial charge is 0.356 e. The summed E-state index contributed by atoms with van der Waals surface area (Å²) >= 11 is 1.95. The second-order valence-corrected chi connectivity index (χ2v) is 8.32. The standard InChI is InChI=1S/C19H29N3OS/c1-15-8-11-21(12-9-15)19(23)16-6-7-18(20-13-16)22-10-4-3-5-17(14-22)24-2/h6-7,13,15,17H,3-5,8-12,14H2,1-2H3. The van der Waals surface area contributed by atoms with Gasteiger partial charge in [-0.05, 0) is 50.0 Å². The average molecular weight is 348 g/mol. The van der Waals surface area contributed by atoms with Crippen molar-refractivity contribution in [1.29, 1.82) is 0 Å². The number of anilines is 1. The average Bonchev–Trinajstić information content (AvgIpc) is 2.87. The van der Waals surface area contributed by atoms with Crippen LogP contribution in [0.3, 0.4) is 0 Å². The van der Waals surface area contributed by atoms with E-state index in [2.05, 4.69) is 23.1 Å². The van der Waals surface area contributed by atoms with Gasteiger partial charge in [0.25, 0.3) is 5.91 Å². The van der Waals surface area contributed by atoms with Gasteiger partial charge in [-0.3, -0.25) is 4.79 Å². The molecule has 1 aromatic heterocycles. The molecule has 0 N–H and O–H groups in total. The molecule has 2 aliphatic heterocycles. The Balaban J connectivity index is 1.65. The minimum Gasteiger partial charge on any atom is -0.356 e. The Morgan fingerprint density at radius 1 is 1.17 bits per heavy atom. The number of amides is 1. The molecule has 1 atom stereocenters. The van der Waals surface area contributed by atoms with Crippen LogP contribution in [0, 0.1) is 5.92 Å². The highest BCUT2D eigenvalue weighted by atomic mass is 32.2. The number of carbonyl (C=O) groups excluding carboxylic acids is 1. The highest BCUT2D eigenvalue weighted by Crippen LogP contribution is 2.24. The summed E-state index contributed by atoms with van der Waals surface area (Å²) in [6, 6.07) is 3.99. The summed E-state index contributed by atoms with van der Waals surface area (Å²) in [5.41, 5.74) is 0.726. The molecule has 132 valence electrons. The lowest BCUT2D eigenvalue weighted by atomic mass is 9.99. The summed E-state index contributed by atoms with van der Waals surface area (Å²) in [6.07, 6.45) is 10.0. The summed E-state index contributed by atoms with van der Waals surface area (Å²) < 4.78 is 0. The third-order valence-corrected chi connectivity index (χ3v) is 6.40. The van der Waals surface area contributed by atoms with E-state index in [0.29, 0.717) is 5.25 Å². The predicted molar refractivity (Wildman–Crippen MR) is 102 cm³/mol. The Morgan fingerprint density at radius 2 is 1.96 bits per heavy atom. The van der Waals surface area contributed by atoms with Gasteiger partial charge in [-0.2, -0.15) is 11.8 Å². The zero-order chi connectivity index (χ0) is 16.9. The predicted octanol–water partition coefficient (Wildman–Crippen LogP) is 3.68. The second kappa shape index (κ2) is 8.24. The third-order valence-electron chi connectivity index (χ3n) is 5.35. The number of pyridine rings is 1.